The zero-order valence-electron chi connectivity index (χ0n) is 10.9. The molecule has 0 aliphatic heterocycles. The summed E-state index contributed by atoms with van der Waals surface area (Å²) in [5.74, 6) is 1.01. The van der Waals surface area contributed by atoms with Crippen LogP contribution in [0.25, 0.3) is 11.0 Å². The Bertz CT molecular complexity index is 769. The Labute approximate surface area is 121 Å². The van der Waals surface area contributed by atoms with Gasteiger partial charge in [0.05, 0.1) is 24.2 Å². The largest absolute Gasteiger partial charge is 0.481 e. The summed E-state index contributed by atoms with van der Waals surface area (Å²) in [6.45, 7) is 0.585. The van der Waals surface area contributed by atoms with E-state index in [0.717, 1.165) is 11.1 Å². The summed E-state index contributed by atoms with van der Waals surface area (Å²) in [5, 5.41) is 0.597. The van der Waals surface area contributed by atoms with Crippen LogP contribution in [0, 0.1) is 0 Å². The summed E-state index contributed by atoms with van der Waals surface area (Å²) in [6, 6.07) is 9.42. The van der Waals surface area contributed by atoms with Crippen molar-refractivity contribution < 1.29 is 4.74 Å². The molecule has 3 rings (SSSR count). The van der Waals surface area contributed by atoms with Crippen LogP contribution < -0.4 is 10.5 Å². The van der Waals surface area contributed by atoms with E-state index in [-0.39, 0.29) is 0 Å². The third-order valence-corrected chi connectivity index (χ3v) is 3.41. The van der Waals surface area contributed by atoms with Gasteiger partial charge in [0.1, 0.15) is 5.52 Å². The number of hydrogen-bond donors (Lipinski definition) is 1. The smallest absolute Gasteiger partial charge is 0.213 e. The molecule has 0 atom stereocenters. The molecule has 0 radical (unpaired) electrons. The summed E-state index contributed by atoms with van der Waals surface area (Å²) in [5.41, 5.74) is 8.64. The van der Waals surface area contributed by atoms with Crippen molar-refractivity contribution in [3.05, 3.63) is 47.1 Å². The third-order valence-electron chi connectivity index (χ3n) is 3.11. The zero-order valence-corrected chi connectivity index (χ0v) is 11.6. The number of nitrogens with two attached hydrogens (primary N) is 1. The summed E-state index contributed by atoms with van der Waals surface area (Å²) < 4.78 is 7.04. The molecule has 2 heterocycles. The molecule has 0 spiro atoms. The molecule has 0 aliphatic rings. The third kappa shape index (κ3) is 2.16. The molecule has 0 unspecified atom stereocenters. The highest BCUT2D eigenvalue weighted by atomic mass is 35.5. The lowest BCUT2D eigenvalue weighted by Crippen LogP contribution is -2.05. The number of methoxy groups -OCH3 is 1. The van der Waals surface area contributed by atoms with E-state index in [1.165, 1.54) is 0 Å². The minimum Gasteiger partial charge on any atom is -0.481 e. The number of para-hydroxylation sites is 1. The lowest BCUT2D eigenvalue weighted by atomic mass is 10.2. The maximum atomic E-state index is 6.13. The maximum Gasteiger partial charge on any atom is 0.213 e. The molecule has 2 aromatic heterocycles. The van der Waals surface area contributed by atoms with Gasteiger partial charge in [-0.25, -0.2) is 9.97 Å². The van der Waals surface area contributed by atoms with Gasteiger partial charge < -0.3 is 15.0 Å². The number of imidazole rings is 1. The number of hydrogen-bond acceptors (Lipinski definition) is 4. The van der Waals surface area contributed by atoms with Crippen LogP contribution in [0.1, 0.15) is 5.56 Å². The van der Waals surface area contributed by atoms with E-state index < -0.39 is 0 Å². The number of nitrogen functional groups attached to an aromatic ring is 1. The van der Waals surface area contributed by atoms with Gasteiger partial charge in [0.25, 0.3) is 0 Å². The molecule has 0 saturated carbocycles. The second-order valence-electron chi connectivity index (χ2n) is 4.37. The van der Waals surface area contributed by atoms with Gasteiger partial charge in [-0.2, -0.15) is 0 Å². The van der Waals surface area contributed by atoms with Gasteiger partial charge in [-0.05, 0) is 23.8 Å². The van der Waals surface area contributed by atoms with E-state index in [9.17, 15) is 0 Å². The zero-order chi connectivity index (χ0) is 14.1. The molecule has 0 bridgehead atoms. The van der Waals surface area contributed by atoms with Gasteiger partial charge in [0, 0.05) is 12.3 Å². The van der Waals surface area contributed by atoms with Crippen molar-refractivity contribution in [1.82, 2.24) is 14.5 Å². The first-order valence-corrected chi connectivity index (χ1v) is 6.46. The van der Waals surface area contributed by atoms with Crippen molar-refractivity contribution in [3.63, 3.8) is 0 Å². The van der Waals surface area contributed by atoms with Crippen molar-refractivity contribution in [3.8, 4) is 5.88 Å². The molecule has 5 nitrogen and oxygen atoms in total. The Morgan fingerprint density at radius 2 is 2.20 bits per heavy atom. The normalized spacial score (nSPS) is 10.9. The number of nitrogens with zero attached hydrogens (tertiary/aromatic N) is 3. The van der Waals surface area contributed by atoms with Crippen molar-refractivity contribution in [1.29, 1.82) is 0 Å². The van der Waals surface area contributed by atoms with Crippen molar-refractivity contribution in [2.24, 2.45) is 0 Å². The molecule has 0 amide bonds. The number of halogens is 1. The molecule has 3 aromatic rings. The van der Waals surface area contributed by atoms with Gasteiger partial charge in [-0.3, -0.25) is 0 Å². The van der Waals surface area contributed by atoms with Gasteiger partial charge in [-0.1, -0.05) is 17.7 Å². The van der Waals surface area contributed by atoms with Crippen LogP contribution in [0.3, 0.4) is 0 Å². The highest BCUT2D eigenvalue weighted by Gasteiger charge is 2.11. The summed E-state index contributed by atoms with van der Waals surface area (Å²) in [4.78, 5) is 8.40. The first kappa shape index (κ1) is 12.7. The number of pyridine rings is 1. The van der Waals surface area contributed by atoms with E-state index in [4.69, 9.17) is 22.1 Å². The van der Waals surface area contributed by atoms with Crippen LogP contribution in [0.15, 0.2) is 36.5 Å². The Balaban J connectivity index is 2.06. The molecule has 6 heteroatoms. The van der Waals surface area contributed by atoms with Crippen molar-refractivity contribution in [2.45, 2.75) is 6.54 Å². The van der Waals surface area contributed by atoms with Gasteiger partial charge in [0.15, 0.2) is 0 Å². The minimum atomic E-state index is 0.434. The summed E-state index contributed by atoms with van der Waals surface area (Å²) >= 11 is 6.13. The highest BCUT2D eigenvalue weighted by Crippen LogP contribution is 2.26. The topological polar surface area (TPSA) is 66.0 Å². The van der Waals surface area contributed by atoms with Gasteiger partial charge in [0.2, 0.25) is 11.8 Å². The van der Waals surface area contributed by atoms with Crippen LogP contribution in [0.4, 0.5) is 5.95 Å². The fourth-order valence-corrected chi connectivity index (χ4v) is 2.35. The molecule has 0 saturated heterocycles. The van der Waals surface area contributed by atoms with Gasteiger partial charge >= 0.3 is 0 Å². The van der Waals surface area contributed by atoms with E-state index >= 15 is 0 Å². The molecule has 1 aromatic carbocycles. The molecule has 2 N–H and O–H groups in total. The van der Waals surface area contributed by atoms with Crippen molar-refractivity contribution in [2.75, 3.05) is 12.8 Å². The van der Waals surface area contributed by atoms with Crippen LogP contribution in [-0.2, 0) is 6.54 Å². The molecule has 0 aliphatic carbocycles. The summed E-state index contributed by atoms with van der Waals surface area (Å²) in [6.07, 6.45) is 1.70. The summed E-state index contributed by atoms with van der Waals surface area (Å²) in [7, 11) is 1.59. The molecular formula is C14H13ClN4O. The maximum absolute atomic E-state index is 6.13. The molecule has 102 valence electrons. The quantitative estimate of drug-likeness (QED) is 0.805. The fourth-order valence-electron chi connectivity index (χ4n) is 2.14. The SMILES string of the molecule is COc1cc(Cn2c(N)nc3c(Cl)cccc32)ccn1. The lowest BCUT2D eigenvalue weighted by molar-refractivity contribution is 0.397. The molecule has 20 heavy (non-hydrogen) atoms. The van der Waals surface area contributed by atoms with Crippen molar-refractivity contribution >= 4 is 28.6 Å². The monoisotopic (exact) mass is 288 g/mol. The molecular weight excluding hydrogens is 276 g/mol. The standard InChI is InChI=1S/C14H13ClN4O/c1-20-12-7-9(5-6-17-12)8-19-11-4-2-3-10(15)13(11)18-14(19)16/h2-7H,8H2,1H3,(H2,16,18). The number of fused-ring (bicyclic) bond motifs is 1. The van der Waals surface area contributed by atoms with Crippen LogP contribution in [0.2, 0.25) is 5.02 Å². The Kier molecular flexibility index (Phi) is 3.20. The second-order valence-corrected chi connectivity index (χ2v) is 4.78. The fraction of sp³-hybridized carbons (Fsp3) is 0.143. The average molecular weight is 289 g/mol. The molecule has 0 fully saturated rings. The number of benzene rings is 1. The Morgan fingerprint density at radius 3 is 3.00 bits per heavy atom. The van der Waals surface area contributed by atoms with Gasteiger partial charge in [-0.15, -0.1) is 0 Å². The van der Waals surface area contributed by atoms with Crippen LogP contribution in [0.5, 0.6) is 5.88 Å². The van der Waals surface area contributed by atoms with E-state index in [1.54, 1.807) is 19.4 Å². The second kappa shape index (κ2) is 5.02. The number of anilines is 1. The Morgan fingerprint density at radius 1 is 1.35 bits per heavy atom. The van der Waals surface area contributed by atoms with Crippen LogP contribution >= 0.6 is 11.6 Å². The minimum absolute atomic E-state index is 0.434. The van der Waals surface area contributed by atoms with E-state index in [0.29, 0.717) is 28.9 Å². The Hall–Kier alpha value is -2.27. The first-order valence-electron chi connectivity index (χ1n) is 6.08. The number of aromatic nitrogens is 3. The highest BCUT2D eigenvalue weighted by molar-refractivity contribution is 6.35. The predicted molar refractivity (Wildman–Crippen MR) is 79.0 cm³/mol. The van der Waals surface area contributed by atoms with Crippen LogP contribution in [-0.4, -0.2) is 21.6 Å². The average Bonchev–Trinajstić information content (AvgIpc) is 2.78. The number of ether oxygens (including phenoxy) is 1. The first-order chi connectivity index (χ1) is 9.69. The van der Waals surface area contributed by atoms with E-state index in [1.807, 2.05) is 28.8 Å². The lowest BCUT2D eigenvalue weighted by Gasteiger charge is -2.07. The van der Waals surface area contributed by atoms with E-state index in [2.05, 4.69) is 9.97 Å². The number of rotatable bonds is 3. The predicted octanol–water partition coefficient (Wildman–Crippen LogP) is 2.72.